The van der Waals surface area contributed by atoms with E-state index in [4.69, 9.17) is 19.8 Å². The summed E-state index contributed by atoms with van der Waals surface area (Å²) in [6.45, 7) is 0.575. The van der Waals surface area contributed by atoms with Crippen molar-refractivity contribution in [3.8, 4) is 0 Å². The van der Waals surface area contributed by atoms with Gasteiger partial charge in [-0.2, -0.15) is 0 Å². The van der Waals surface area contributed by atoms with Crippen LogP contribution >= 0.6 is 0 Å². The van der Waals surface area contributed by atoms with Crippen LogP contribution in [0.25, 0.3) is 21.9 Å². The molecule has 4 aromatic carbocycles. The fourth-order valence-electron chi connectivity index (χ4n) is 4.54. The Balaban J connectivity index is 1.38. The van der Waals surface area contributed by atoms with Crippen LogP contribution in [0, 0.1) is 5.41 Å². The van der Waals surface area contributed by atoms with Gasteiger partial charge in [-0.05, 0) is 18.2 Å². The summed E-state index contributed by atoms with van der Waals surface area (Å²) in [5.74, 6) is 1.73. The molecule has 0 spiro atoms. The van der Waals surface area contributed by atoms with Crippen LogP contribution in [0.5, 0.6) is 0 Å². The number of nitrogens with one attached hydrogen (secondary N) is 2. The summed E-state index contributed by atoms with van der Waals surface area (Å²) in [6, 6.07) is 33.8. The van der Waals surface area contributed by atoms with Crippen LogP contribution in [0.4, 0.5) is 0 Å². The molecule has 0 aliphatic carbocycles. The highest BCUT2D eigenvalue weighted by Crippen LogP contribution is 2.29. The van der Waals surface area contributed by atoms with Crippen LogP contribution in [0.3, 0.4) is 0 Å². The number of para-hydroxylation sites is 1. The molecule has 0 fully saturated rings. The molecule has 1 unspecified atom stereocenters. The predicted molar refractivity (Wildman–Crippen MR) is 146 cm³/mol. The fraction of sp³-hybridized carbons (Fsp3) is 0.100. The van der Waals surface area contributed by atoms with Crippen molar-refractivity contribution in [1.82, 2.24) is 10.2 Å². The zero-order valence-corrected chi connectivity index (χ0v) is 19.8. The first-order valence-electron chi connectivity index (χ1n) is 11.9. The van der Waals surface area contributed by atoms with E-state index in [2.05, 4.69) is 22.3 Å². The molecule has 6 nitrogen and oxygen atoms in total. The van der Waals surface area contributed by atoms with Gasteiger partial charge in [-0.3, -0.25) is 10.4 Å². The van der Waals surface area contributed by atoms with Gasteiger partial charge in [0.05, 0.1) is 6.54 Å². The van der Waals surface area contributed by atoms with Crippen molar-refractivity contribution in [2.24, 2.45) is 9.98 Å². The van der Waals surface area contributed by atoms with Gasteiger partial charge in [-0.1, -0.05) is 84.9 Å². The van der Waals surface area contributed by atoms with Gasteiger partial charge in [0.15, 0.2) is 5.84 Å². The van der Waals surface area contributed by atoms with Crippen LogP contribution in [0.2, 0.25) is 0 Å². The Morgan fingerprint density at radius 2 is 1.56 bits per heavy atom. The zero-order chi connectivity index (χ0) is 24.5. The number of hydrogen-bond donors (Lipinski definition) is 2. The smallest absolute Gasteiger partial charge is 0.154 e. The number of fused-ring (bicyclic) bond motifs is 3. The van der Waals surface area contributed by atoms with Gasteiger partial charge in [-0.25, -0.2) is 4.99 Å². The summed E-state index contributed by atoms with van der Waals surface area (Å²) in [5.41, 5.74) is 4.33. The van der Waals surface area contributed by atoms with Gasteiger partial charge in [0.2, 0.25) is 0 Å². The average Bonchev–Trinajstić information content (AvgIpc) is 3.57. The number of hydrogen-bond acceptors (Lipinski definition) is 4. The van der Waals surface area contributed by atoms with E-state index in [0.717, 1.165) is 44.5 Å². The second kappa shape index (κ2) is 9.15. The van der Waals surface area contributed by atoms with Gasteiger partial charge >= 0.3 is 0 Å². The van der Waals surface area contributed by atoms with Crippen molar-refractivity contribution in [3.63, 3.8) is 0 Å². The molecule has 2 heterocycles. The second-order valence-corrected chi connectivity index (χ2v) is 8.79. The normalized spacial score (nSPS) is 15.6. The van der Waals surface area contributed by atoms with Gasteiger partial charge in [0.25, 0.3) is 0 Å². The minimum Gasteiger partial charge on any atom is -0.456 e. The Labute approximate surface area is 209 Å². The minimum absolute atomic E-state index is 0.103. The highest BCUT2D eigenvalue weighted by Gasteiger charge is 2.26. The average molecular weight is 472 g/mol. The first-order valence-corrected chi connectivity index (χ1v) is 11.9. The fourth-order valence-corrected chi connectivity index (χ4v) is 4.54. The summed E-state index contributed by atoms with van der Waals surface area (Å²) in [4.78, 5) is 11.6. The lowest BCUT2D eigenvalue weighted by atomic mass is 10.1. The molecule has 1 aliphatic rings. The van der Waals surface area contributed by atoms with Crippen LogP contribution < -0.4 is 5.32 Å². The van der Waals surface area contributed by atoms with Crippen molar-refractivity contribution >= 4 is 39.4 Å². The molecular weight excluding hydrogens is 446 g/mol. The molecule has 0 saturated heterocycles. The van der Waals surface area contributed by atoms with E-state index in [9.17, 15) is 0 Å². The molecule has 1 atom stereocenters. The Bertz CT molecular complexity index is 1620. The lowest BCUT2D eigenvalue weighted by Gasteiger charge is -2.28. The topological polar surface area (TPSA) is 77.0 Å². The number of likely N-dealkylation sites (N-methyl/N-ethyl adjacent to an activating group) is 1. The van der Waals surface area contributed by atoms with E-state index in [0.29, 0.717) is 12.4 Å². The molecule has 2 N–H and O–H groups in total. The Morgan fingerprint density at radius 1 is 0.861 bits per heavy atom. The molecule has 176 valence electrons. The summed E-state index contributed by atoms with van der Waals surface area (Å²) in [6.07, 6.45) is -0.103. The van der Waals surface area contributed by atoms with E-state index in [1.165, 1.54) is 0 Å². The molecule has 0 amide bonds. The van der Waals surface area contributed by atoms with Crippen LogP contribution in [-0.4, -0.2) is 42.2 Å². The molecule has 0 bridgehead atoms. The third-order valence-corrected chi connectivity index (χ3v) is 6.48. The van der Waals surface area contributed by atoms with Gasteiger partial charge in [0, 0.05) is 34.5 Å². The Hall–Kier alpha value is -4.71. The first-order chi connectivity index (χ1) is 17.7. The van der Waals surface area contributed by atoms with E-state index in [1.54, 1.807) is 0 Å². The minimum atomic E-state index is -0.103. The van der Waals surface area contributed by atoms with Crippen LogP contribution in [0.1, 0.15) is 16.7 Å². The number of furan rings is 1. The number of amidine groups is 3. The second-order valence-electron chi connectivity index (χ2n) is 8.79. The summed E-state index contributed by atoms with van der Waals surface area (Å²) >= 11 is 0. The summed E-state index contributed by atoms with van der Waals surface area (Å²) in [7, 11) is 1.99. The van der Waals surface area contributed by atoms with Crippen molar-refractivity contribution in [3.05, 3.63) is 120 Å². The van der Waals surface area contributed by atoms with Crippen LogP contribution in [-0.2, 0) is 0 Å². The number of benzene rings is 4. The maximum atomic E-state index is 8.71. The number of rotatable bonds is 4. The van der Waals surface area contributed by atoms with Crippen LogP contribution in [0.15, 0.2) is 118 Å². The molecule has 1 aliphatic heterocycles. The third-order valence-electron chi connectivity index (χ3n) is 6.48. The summed E-state index contributed by atoms with van der Waals surface area (Å²) in [5, 5.41) is 14.4. The molecule has 6 heteroatoms. The largest absolute Gasteiger partial charge is 0.456 e. The quantitative estimate of drug-likeness (QED) is 0.262. The Kier molecular flexibility index (Phi) is 5.54. The molecule has 5 aromatic rings. The lowest BCUT2D eigenvalue weighted by molar-refractivity contribution is 0.367. The number of nitrogens with zero attached hydrogens (tertiary/aromatic N) is 3. The van der Waals surface area contributed by atoms with Crippen molar-refractivity contribution < 1.29 is 4.42 Å². The standard InChI is InChI=1S/C30H25N5O/c1-35(27-19-32-29(33-27)21-12-6-3-7-13-21)30(34-28(31)20-10-4-2-5-11-20)22-16-17-24-23-14-8-9-15-25(23)36-26(24)18-22/h2-18,27,31H,19H2,1H3,(H,32,33). The lowest BCUT2D eigenvalue weighted by Crippen LogP contribution is -2.47. The third kappa shape index (κ3) is 4.03. The highest BCUT2D eigenvalue weighted by molar-refractivity contribution is 6.13. The number of aliphatic imine (C=N–C) groups is 2. The van der Waals surface area contributed by atoms with Gasteiger partial charge in [0.1, 0.15) is 29.0 Å². The van der Waals surface area contributed by atoms with Crippen molar-refractivity contribution in [2.75, 3.05) is 13.6 Å². The predicted octanol–water partition coefficient (Wildman–Crippen LogP) is 5.67. The highest BCUT2D eigenvalue weighted by atomic mass is 16.3. The molecule has 0 radical (unpaired) electrons. The first kappa shape index (κ1) is 21.8. The molecular formula is C30H25N5O. The van der Waals surface area contributed by atoms with Crippen molar-refractivity contribution in [2.45, 2.75) is 6.17 Å². The molecule has 1 aromatic heterocycles. The van der Waals surface area contributed by atoms with E-state index in [1.807, 2.05) is 98.0 Å². The SMILES string of the molecule is CN(C(=NC(=N)c1ccccc1)c1ccc2c(c1)oc1ccccc12)C1CN=C(c2ccccc2)N1. The maximum absolute atomic E-state index is 8.71. The zero-order valence-electron chi connectivity index (χ0n) is 19.8. The Morgan fingerprint density at radius 3 is 2.36 bits per heavy atom. The van der Waals surface area contributed by atoms with Crippen molar-refractivity contribution in [1.29, 1.82) is 5.41 Å². The molecule has 6 rings (SSSR count). The van der Waals surface area contributed by atoms with Gasteiger partial charge in [-0.15, -0.1) is 0 Å². The van der Waals surface area contributed by atoms with E-state index >= 15 is 0 Å². The summed E-state index contributed by atoms with van der Waals surface area (Å²) < 4.78 is 6.15. The molecule has 36 heavy (non-hydrogen) atoms. The monoisotopic (exact) mass is 471 g/mol. The van der Waals surface area contributed by atoms with E-state index in [-0.39, 0.29) is 12.0 Å². The maximum Gasteiger partial charge on any atom is 0.154 e. The molecule has 0 saturated carbocycles. The van der Waals surface area contributed by atoms with Gasteiger partial charge < -0.3 is 14.6 Å². The van der Waals surface area contributed by atoms with E-state index < -0.39 is 0 Å².